The van der Waals surface area contributed by atoms with Gasteiger partial charge in [-0.25, -0.2) is 0 Å². The van der Waals surface area contributed by atoms with E-state index < -0.39 is 11.9 Å². The van der Waals surface area contributed by atoms with Crippen LogP contribution in [-0.2, 0) is 4.79 Å². The highest BCUT2D eigenvalue weighted by Gasteiger charge is 2.28. The molecule has 0 spiro atoms. The van der Waals surface area contributed by atoms with Crippen LogP contribution in [0.15, 0.2) is 0 Å². The van der Waals surface area contributed by atoms with Crippen molar-refractivity contribution in [1.82, 2.24) is 10.2 Å². The third kappa shape index (κ3) is 2.50. The molecule has 2 rings (SSSR count). The van der Waals surface area contributed by atoms with E-state index in [4.69, 9.17) is 5.11 Å². The topological polar surface area (TPSA) is 90.1 Å². The molecule has 6 heteroatoms. The fourth-order valence-electron chi connectivity index (χ4n) is 2.32. The molecule has 0 amide bonds. The van der Waals surface area contributed by atoms with Gasteiger partial charge in [-0.05, 0) is 32.3 Å². The maximum Gasteiger partial charge on any atom is 0.308 e. The van der Waals surface area contributed by atoms with Gasteiger partial charge >= 0.3 is 5.97 Å². The third-order valence-electron chi connectivity index (χ3n) is 3.62. The molecule has 1 aromatic rings. The van der Waals surface area contributed by atoms with Crippen molar-refractivity contribution in [2.75, 3.05) is 18.0 Å². The molecule has 1 aliphatic heterocycles. The summed E-state index contributed by atoms with van der Waals surface area (Å²) in [4.78, 5) is 12.9. The Morgan fingerprint density at radius 2 is 2.21 bits per heavy atom. The predicted molar refractivity (Wildman–Crippen MR) is 68.8 cm³/mol. The van der Waals surface area contributed by atoms with Crippen LogP contribution in [0.4, 0.5) is 5.82 Å². The van der Waals surface area contributed by atoms with Crippen LogP contribution in [0.2, 0.25) is 0 Å². The first-order chi connectivity index (χ1) is 9.04. The highest BCUT2D eigenvalue weighted by atomic mass is 16.4. The van der Waals surface area contributed by atoms with Crippen LogP contribution >= 0.6 is 0 Å². The van der Waals surface area contributed by atoms with Gasteiger partial charge < -0.3 is 10.0 Å². The summed E-state index contributed by atoms with van der Waals surface area (Å²) in [6, 6.07) is 2.15. The van der Waals surface area contributed by atoms with Gasteiger partial charge in [-0.15, -0.1) is 5.10 Å². The van der Waals surface area contributed by atoms with Crippen molar-refractivity contribution in [2.45, 2.75) is 26.7 Å². The molecule has 1 aromatic heterocycles. The van der Waals surface area contributed by atoms with Gasteiger partial charge in [0.05, 0.1) is 11.6 Å². The van der Waals surface area contributed by atoms with Gasteiger partial charge in [-0.2, -0.15) is 10.4 Å². The molecule has 1 saturated heterocycles. The molecule has 0 saturated carbocycles. The van der Waals surface area contributed by atoms with Crippen LogP contribution < -0.4 is 4.90 Å². The lowest BCUT2D eigenvalue weighted by atomic mass is 9.97. The molecule has 6 nitrogen and oxygen atoms in total. The Kier molecular flexibility index (Phi) is 3.65. The lowest BCUT2D eigenvalue weighted by Crippen LogP contribution is -2.39. The molecule has 1 N–H and O–H groups in total. The maximum atomic E-state index is 11.1. The Bertz CT molecular complexity index is 550. The number of rotatable bonds is 2. The van der Waals surface area contributed by atoms with Gasteiger partial charge in [0.1, 0.15) is 11.6 Å². The summed E-state index contributed by atoms with van der Waals surface area (Å²) in [5.41, 5.74) is 2.04. The number of piperidine rings is 1. The number of aryl methyl sites for hydroxylation is 1. The first-order valence-electron chi connectivity index (χ1n) is 6.26. The second-order valence-corrected chi connectivity index (χ2v) is 4.84. The van der Waals surface area contributed by atoms with E-state index in [-0.39, 0.29) is 0 Å². The van der Waals surface area contributed by atoms with Crippen LogP contribution in [0.25, 0.3) is 0 Å². The molecule has 100 valence electrons. The summed E-state index contributed by atoms with van der Waals surface area (Å²) in [7, 11) is 0. The lowest BCUT2D eigenvalue weighted by Gasteiger charge is -2.32. The average molecular weight is 260 g/mol. The van der Waals surface area contributed by atoms with E-state index >= 15 is 0 Å². The molecular formula is C13H16N4O2. The summed E-state index contributed by atoms with van der Waals surface area (Å²) in [5, 5.41) is 26.5. The monoisotopic (exact) mass is 260 g/mol. The van der Waals surface area contributed by atoms with E-state index in [1.54, 1.807) is 0 Å². The minimum Gasteiger partial charge on any atom is -0.481 e. The summed E-state index contributed by atoms with van der Waals surface area (Å²) >= 11 is 0. The van der Waals surface area contributed by atoms with E-state index in [0.29, 0.717) is 24.3 Å². The second-order valence-electron chi connectivity index (χ2n) is 4.84. The third-order valence-corrected chi connectivity index (χ3v) is 3.62. The van der Waals surface area contributed by atoms with Crippen LogP contribution in [0, 0.1) is 31.1 Å². The van der Waals surface area contributed by atoms with Crippen molar-refractivity contribution >= 4 is 11.8 Å². The van der Waals surface area contributed by atoms with E-state index in [9.17, 15) is 10.1 Å². The second kappa shape index (κ2) is 5.22. The molecule has 1 aliphatic rings. The zero-order valence-corrected chi connectivity index (χ0v) is 11.1. The fraction of sp³-hybridized carbons (Fsp3) is 0.538. The van der Waals surface area contributed by atoms with Crippen LogP contribution in [0.1, 0.15) is 29.7 Å². The number of carboxylic acids is 1. The van der Waals surface area contributed by atoms with Gasteiger partial charge in [0.2, 0.25) is 0 Å². The van der Waals surface area contributed by atoms with Crippen molar-refractivity contribution in [1.29, 1.82) is 5.26 Å². The number of carbonyl (C=O) groups is 1. The Morgan fingerprint density at radius 3 is 2.84 bits per heavy atom. The smallest absolute Gasteiger partial charge is 0.308 e. The first kappa shape index (κ1) is 13.3. The number of carboxylic acid groups (broad SMARTS) is 1. The molecule has 1 fully saturated rings. The minimum atomic E-state index is -0.792. The molecule has 1 unspecified atom stereocenters. The molecule has 0 radical (unpaired) electrons. The maximum absolute atomic E-state index is 11.1. The first-order valence-corrected chi connectivity index (χ1v) is 6.26. The Morgan fingerprint density at radius 1 is 1.47 bits per heavy atom. The Hall–Kier alpha value is -2.16. The summed E-state index contributed by atoms with van der Waals surface area (Å²) in [6.07, 6.45) is 1.46. The largest absolute Gasteiger partial charge is 0.481 e. The van der Waals surface area contributed by atoms with Crippen molar-refractivity contribution < 1.29 is 9.90 Å². The number of hydrogen-bond acceptors (Lipinski definition) is 5. The van der Waals surface area contributed by atoms with E-state index in [2.05, 4.69) is 16.3 Å². The molecule has 0 bridgehead atoms. The summed E-state index contributed by atoms with van der Waals surface area (Å²) in [6.45, 7) is 4.75. The average Bonchev–Trinajstić information content (AvgIpc) is 2.41. The van der Waals surface area contributed by atoms with Crippen molar-refractivity contribution in [3.8, 4) is 6.07 Å². The van der Waals surface area contributed by atoms with E-state index in [1.807, 2.05) is 18.7 Å². The van der Waals surface area contributed by atoms with Crippen molar-refractivity contribution in [2.24, 2.45) is 5.92 Å². The Labute approximate surface area is 111 Å². The van der Waals surface area contributed by atoms with Gasteiger partial charge in [-0.1, -0.05) is 0 Å². The Balaban J connectivity index is 2.34. The lowest BCUT2D eigenvalue weighted by molar-refractivity contribution is -0.141. The SMILES string of the molecule is Cc1nnc(N2CCCC(C(=O)O)C2)c(C#N)c1C. The number of anilines is 1. The predicted octanol–water partition coefficient (Wildman–Crippen LogP) is 1.27. The number of nitriles is 1. The van der Waals surface area contributed by atoms with E-state index in [1.165, 1.54) is 0 Å². The van der Waals surface area contributed by atoms with E-state index in [0.717, 1.165) is 24.2 Å². The van der Waals surface area contributed by atoms with Gasteiger partial charge in [-0.3, -0.25) is 4.79 Å². The zero-order valence-electron chi connectivity index (χ0n) is 11.1. The highest BCUT2D eigenvalue weighted by molar-refractivity contribution is 5.71. The molecule has 19 heavy (non-hydrogen) atoms. The van der Waals surface area contributed by atoms with Gasteiger partial charge in [0.15, 0.2) is 5.82 Å². The number of aromatic nitrogens is 2. The molecule has 0 aliphatic carbocycles. The molecule has 0 aromatic carbocycles. The zero-order chi connectivity index (χ0) is 14.0. The standard InChI is InChI=1S/C13H16N4O2/c1-8-9(2)15-16-12(11(8)6-14)17-5-3-4-10(7-17)13(18)19/h10H,3-5,7H2,1-2H3,(H,18,19). The van der Waals surface area contributed by atoms with Crippen molar-refractivity contribution in [3.05, 3.63) is 16.8 Å². The van der Waals surface area contributed by atoms with Crippen LogP contribution in [0.3, 0.4) is 0 Å². The molecule has 1 atom stereocenters. The van der Waals surface area contributed by atoms with Gasteiger partial charge in [0.25, 0.3) is 0 Å². The minimum absolute atomic E-state index is 0.390. The highest BCUT2D eigenvalue weighted by Crippen LogP contribution is 2.26. The van der Waals surface area contributed by atoms with Crippen LogP contribution in [0.5, 0.6) is 0 Å². The summed E-state index contributed by atoms with van der Waals surface area (Å²) < 4.78 is 0. The molecule has 2 heterocycles. The quantitative estimate of drug-likeness (QED) is 0.861. The normalized spacial score (nSPS) is 19.0. The fourth-order valence-corrected chi connectivity index (χ4v) is 2.32. The molecular weight excluding hydrogens is 244 g/mol. The van der Waals surface area contributed by atoms with Crippen molar-refractivity contribution in [3.63, 3.8) is 0 Å². The number of aliphatic carboxylic acids is 1. The summed E-state index contributed by atoms with van der Waals surface area (Å²) in [5.74, 6) is -0.680. The van der Waals surface area contributed by atoms with Gasteiger partial charge in [0, 0.05) is 13.1 Å². The number of nitrogens with zero attached hydrogens (tertiary/aromatic N) is 4. The number of hydrogen-bond donors (Lipinski definition) is 1. The van der Waals surface area contributed by atoms with Crippen LogP contribution in [-0.4, -0.2) is 34.4 Å².